The zero-order valence-corrected chi connectivity index (χ0v) is 11.9. The second-order valence-corrected chi connectivity index (χ2v) is 4.72. The highest BCUT2D eigenvalue weighted by atomic mass is 16.6. The minimum Gasteiger partial charge on any atom is -0.321 e. The van der Waals surface area contributed by atoms with Gasteiger partial charge in [0.25, 0.3) is 11.6 Å². The third kappa shape index (κ3) is 3.25. The molecule has 2 rings (SSSR count). The van der Waals surface area contributed by atoms with Crippen molar-refractivity contribution in [2.45, 2.75) is 20.3 Å². The maximum Gasteiger partial charge on any atom is 0.270 e. The maximum absolute atomic E-state index is 12.3. The molecule has 108 valence electrons. The van der Waals surface area contributed by atoms with Crippen molar-refractivity contribution in [1.29, 1.82) is 0 Å². The van der Waals surface area contributed by atoms with E-state index in [0.717, 1.165) is 23.2 Å². The van der Waals surface area contributed by atoms with Gasteiger partial charge in [-0.3, -0.25) is 14.9 Å². The van der Waals surface area contributed by atoms with Crippen molar-refractivity contribution in [2.24, 2.45) is 0 Å². The van der Waals surface area contributed by atoms with E-state index in [1.165, 1.54) is 18.2 Å². The number of benzene rings is 2. The first-order valence-corrected chi connectivity index (χ1v) is 6.67. The van der Waals surface area contributed by atoms with Crippen LogP contribution in [-0.4, -0.2) is 10.8 Å². The van der Waals surface area contributed by atoms with Gasteiger partial charge in [0.15, 0.2) is 0 Å². The summed E-state index contributed by atoms with van der Waals surface area (Å²) in [6.45, 7) is 3.93. The first-order chi connectivity index (χ1) is 10.0. The summed E-state index contributed by atoms with van der Waals surface area (Å²) in [6, 6.07) is 11.5. The molecule has 0 saturated carbocycles. The predicted octanol–water partition coefficient (Wildman–Crippen LogP) is 3.72. The number of amides is 1. The number of carbonyl (C=O) groups is 1. The van der Waals surface area contributed by atoms with Crippen molar-refractivity contribution in [3.63, 3.8) is 0 Å². The standard InChI is InChI=1S/C16H16N2O3/c1-3-12-7-4-6-11(2)15(12)17-16(19)13-8-5-9-14(10-13)18(20)21/h4-10H,3H2,1-2H3,(H,17,19). The Morgan fingerprint density at radius 1 is 1.24 bits per heavy atom. The minimum atomic E-state index is -0.512. The third-order valence-electron chi connectivity index (χ3n) is 3.30. The summed E-state index contributed by atoms with van der Waals surface area (Å²) in [5.74, 6) is -0.345. The molecule has 0 bridgehead atoms. The van der Waals surface area contributed by atoms with E-state index in [-0.39, 0.29) is 17.2 Å². The van der Waals surface area contributed by atoms with E-state index >= 15 is 0 Å². The van der Waals surface area contributed by atoms with Crippen LogP contribution >= 0.6 is 0 Å². The summed E-state index contributed by atoms with van der Waals surface area (Å²) in [4.78, 5) is 22.5. The maximum atomic E-state index is 12.3. The molecule has 0 aliphatic heterocycles. The molecule has 1 amide bonds. The molecule has 0 heterocycles. The molecule has 0 atom stereocenters. The fourth-order valence-corrected chi connectivity index (χ4v) is 2.15. The van der Waals surface area contributed by atoms with Crippen molar-refractivity contribution in [1.82, 2.24) is 0 Å². The molecule has 5 heteroatoms. The molecule has 2 aromatic carbocycles. The van der Waals surface area contributed by atoms with E-state index in [2.05, 4.69) is 5.32 Å². The van der Waals surface area contributed by atoms with Crippen molar-refractivity contribution in [3.8, 4) is 0 Å². The lowest BCUT2D eigenvalue weighted by molar-refractivity contribution is -0.384. The molecule has 5 nitrogen and oxygen atoms in total. The number of para-hydroxylation sites is 1. The number of hydrogen-bond acceptors (Lipinski definition) is 3. The van der Waals surface area contributed by atoms with Crippen LogP contribution in [0, 0.1) is 17.0 Å². The molecule has 0 unspecified atom stereocenters. The van der Waals surface area contributed by atoms with Crippen LogP contribution in [0.3, 0.4) is 0 Å². The van der Waals surface area contributed by atoms with Crippen molar-refractivity contribution >= 4 is 17.3 Å². The second kappa shape index (κ2) is 6.17. The van der Waals surface area contributed by atoms with Crippen LogP contribution in [0.15, 0.2) is 42.5 Å². The van der Waals surface area contributed by atoms with E-state index in [1.807, 2.05) is 32.0 Å². The van der Waals surface area contributed by atoms with Gasteiger partial charge in [0.1, 0.15) is 0 Å². The van der Waals surface area contributed by atoms with Crippen molar-refractivity contribution < 1.29 is 9.72 Å². The zero-order chi connectivity index (χ0) is 15.4. The van der Waals surface area contributed by atoms with Crippen LogP contribution in [0.4, 0.5) is 11.4 Å². The lowest BCUT2D eigenvalue weighted by Gasteiger charge is -2.12. The number of nitro benzene ring substituents is 1. The number of nitrogens with zero attached hydrogens (tertiary/aromatic N) is 1. The zero-order valence-electron chi connectivity index (χ0n) is 11.9. The van der Waals surface area contributed by atoms with Gasteiger partial charge in [0.2, 0.25) is 0 Å². The first-order valence-electron chi connectivity index (χ1n) is 6.67. The monoisotopic (exact) mass is 284 g/mol. The smallest absolute Gasteiger partial charge is 0.270 e. The summed E-state index contributed by atoms with van der Waals surface area (Å²) in [7, 11) is 0. The van der Waals surface area contributed by atoms with Gasteiger partial charge in [-0.25, -0.2) is 0 Å². The molecule has 0 spiro atoms. The Labute approximate surface area is 122 Å². The molecule has 0 aliphatic rings. The number of aryl methyl sites for hydroxylation is 2. The average Bonchev–Trinajstić information content (AvgIpc) is 2.49. The number of carbonyl (C=O) groups excluding carboxylic acids is 1. The van der Waals surface area contributed by atoms with Gasteiger partial charge in [-0.1, -0.05) is 31.2 Å². The topological polar surface area (TPSA) is 72.2 Å². The Bertz CT molecular complexity index is 696. The number of nitro groups is 1. The molecule has 0 radical (unpaired) electrons. The quantitative estimate of drug-likeness (QED) is 0.687. The van der Waals surface area contributed by atoms with Crippen molar-refractivity contribution in [3.05, 3.63) is 69.3 Å². The van der Waals surface area contributed by atoms with Gasteiger partial charge in [-0.2, -0.15) is 0 Å². The number of non-ortho nitro benzene ring substituents is 1. The molecular formula is C16H16N2O3. The van der Waals surface area contributed by atoms with E-state index in [4.69, 9.17) is 0 Å². The molecule has 0 fully saturated rings. The molecule has 2 aromatic rings. The third-order valence-corrected chi connectivity index (χ3v) is 3.30. The highest BCUT2D eigenvalue weighted by Crippen LogP contribution is 2.22. The lowest BCUT2D eigenvalue weighted by atomic mass is 10.1. The molecule has 0 aromatic heterocycles. The van der Waals surface area contributed by atoms with Crippen LogP contribution in [0.1, 0.15) is 28.4 Å². The Kier molecular flexibility index (Phi) is 4.33. The van der Waals surface area contributed by atoms with E-state index in [0.29, 0.717) is 0 Å². The van der Waals surface area contributed by atoms with Crippen LogP contribution in [0.2, 0.25) is 0 Å². The molecule has 0 saturated heterocycles. The summed E-state index contributed by atoms with van der Waals surface area (Å²) >= 11 is 0. The van der Waals surface area contributed by atoms with Crippen molar-refractivity contribution in [2.75, 3.05) is 5.32 Å². The number of anilines is 1. The first kappa shape index (κ1) is 14.7. The van der Waals surface area contributed by atoms with E-state index in [1.54, 1.807) is 6.07 Å². The van der Waals surface area contributed by atoms with Gasteiger partial charge < -0.3 is 5.32 Å². The van der Waals surface area contributed by atoms with Crippen LogP contribution < -0.4 is 5.32 Å². The highest BCUT2D eigenvalue weighted by molar-refractivity contribution is 6.05. The summed E-state index contributed by atoms with van der Waals surface area (Å²) in [6.07, 6.45) is 0.798. The fraction of sp³-hybridized carbons (Fsp3) is 0.188. The number of nitrogens with one attached hydrogen (secondary N) is 1. The molecule has 1 N–H and O–H groups in total. The van der Waals surface area contributed by atoms with Gasteiger partial charge in [0.05, 0.1) is 4.92 Å². The normalized spacial score (nSPS) is 10.2. The Morgan fingerprint density at radius 2 is 1.95 bits per heavy atom. The second-order valence-electron chi connectivity index (χ2n) is 4.72. The SMILES string of the molecule is CCc1cccc(C)c1NC(=O)c1cccc([N+](=O)[O-])c1. The van der Waals surface area contributed by atoms with E-state index < -0.39 is 4.92 Å². The summed E-state index contributed by atoms with van der Waals surface area (Å²) in [5.41, 5.74) is 2.95. The largest absolute Gasteiger partial charge is 0.321 e. The van der Waals surface area contributed by atoms with Gasteiger partial charge in [-0.05, 0) is 30.5 Å². The molecular weight excluding hydrogens is 268 g/mol. The Balaban J connectivity index is 2.30. The molecule has 0 aliphatic carbocycles. The summed E-state index contributed by atoms with van der Waals surface area (Å²) in [5, 5.41) is 13.6. The fourth-order valence-electron chi connectivity index (χ4n) is 2.15. The number of hydrogen-bond donors (Lipinski definition) is 1. The Morgan fingerprint density at radius 3 is 2.62 bits per heavy atom. The molecule has 21 heavy (non-hydrogen) atoms. The predicted molar refractivity (Wildman–Crippen MR) is 81.6 cm³/mol. The number of rotatable bonds is 4. The van der Waals surface area contributed by atoms with Crippen LogP contribution in [0.25, 0.3) is 0 Å². The minimum absolute atomic E-state index is 0.0943. The Hall–Kier alpha value is -2.69. The van der Waals surface area contributed by atoms with Gasteiger partial charge in [0, 0.05) is 23.4 Å². The van der Waals surface area contributed by atoms with Gasteiger partial charge >= 0.3 is 0 Å². The summed E-state index contributed by atoms with van der Waals surface area (Å²) < 4.78 is 0. The average molecular weight is 284 g/mol. The highest BCUT2D eigenvalue weighted by Gasteiger charge is 2.13. The lowest BCUT2D eigenvalue weighted by Crippen LogP contribution is -2.14. The van der Waals surface area contributed by atoms with Gasteiger partial charge in [-0.15, -0.1) is 0 Å². The van der Waals surface area contributed by atoms with Crippen LogP contribution in [-0.2, 0) is 6.42 Å². The van der Waals surface area contributed by atoms with Crippen LogP contribution in [0.5, 0.6) is 0 Å². The van der Waals surface area contributed by atoms with E-state index in [9.17, 15) is 14.9 Å².